The molecule has 2 heterocycles. The number of urea groups is 1. The second kappa shape index (κ2) is 6.95. The summed E-state index contributed by atoms with van der Waals surface area (Å²) in [4.78, 5) is 29.3. The second-order valence-corrected chi connectivity index (χ2v) is 6.78. The quantitative estimate of drug-likeness (QED) is 0.898. The Bertz CT molecular complexity index is 674. The Labute approximate surface area is 138 Å². The van der Waals surface area contributed by atoms with E-state index in [0.29, 0.717) is 18.9 Å². The van der Waals surface area contributed by atoms with E-state index in [0.717, 1.165) is 31.4 Å². The molecule has 3 amide bonds. The van der Waals surface area contributed by atoms with Gasteiger partial charge in [0.1, 0.15) is 0 Å². The number of benzene rings is 1. The molecule has 1 saturated heterocycles. The molecule has 0 saturated carbocycles. The van der Waals surface area contributed by atoms with Gasteiger partial charge in [0.15, 0.2) is 0 Å². The number of thiazole rings is 1. The van der Waals surface area contributed by atoms with E-state index < -0.39 is 6.03 Å². The van der Waals surface area contributed by atoms with Gasteiger partial charge in [-0.3, -0.25) is 4.79 Å². The molecule has 7 heteroatoms. The number of rotatable bonds is 4. The Hall–Kier alpha value is -2.15. The fourth-order valence-corrected chi connectivity index (χ4v) is 4.03. The number of carbonyl (C=O) groups excluding carboxylic acids is 2. The predicted molar refractivity (Wildman–Crippen MR) is 90.4 cm³/mol. The molecular formula is C16H20N4O2S. The minimum Gasteiger partial charge on any atom is -0.352 e. The van der Waals surface area contributed by atoms with Crippen molar-refractivity contribution in [3.63, 3.8) is 0 Å². The highest BCUT2D eigenvalue weighted by Crippen LogP contribution is 2.33. The zero-order valence-corrected chi connectivity index (χ0v) is 13.6. The van der Waals surface area contributed by atoms with Crippen molar-refractivity contribution >= 4 is 33.5 Å². The van der Waals surface area contributed by atoms with Crippen molar-refractivity contribution in [1.82, 2.24) is 15.2 Å². The largest absolute Gasteiger partial charge is 0.352 e. The Morgan fingerprint density at radius 2 is 2.04 bits per heavy atom. The van der Waals surface area contributed by atoms with Crippen molar-refractivity contribution in [3.8, 4) is 0 Å². The SMILES string of the molecule is NC(=O)NCCC(=O)N1CCC(c2nc3ccccc3s2)CC1. The third kappa shape index (κ3) is 3.79. The summed E-state index contributed by atoms with van der Waals surface area (Å²) in [7, 11) is 0. The third-order valence-electron chi connectivity index (χ3n) is 4.15. The molecule has 0 spiro atoms. The van der Waals surface area contributed by atoms with Gasteiger partial charge in [-0.05, 0) is 25.0 Å². The van der Waals surface area contributed by atoms with E-state index in [1.165, 1.54) is 9.71 Å². The molecule has 1 aliphatic rings. The second-order valence-electron chi connectivity index (χ2n) is 5.72. The van der Waals surface area contributed by atoms with E-state index in [1.807, 2.05) is 23.1 Å². The highest BCUT2D eigenvalue weighted by molar-refractivity contribution is 7.18. The van der Waals surface area contributed by atoms with E-state index in [9.17, 15) is 9.59 Å². The van der Waals surface area contributed by atoms with Gasteiger partial charge in [-0.15, -0.1) is 11.3 Å². The number of nitrogens with zero attached hydrogens (tertiary/aromatic N) is 2. The van der Waals surface area contributed by atoms with Crippen LogP contribution >= 0.6 is 11.3 Å². The van der Waals surface area contributed by atoms with Gasteiger partial charge in [-0.25, -0.2) is 9.78 Å². The molecule has 122 valence electrons. The van der Waals surface area contributed by atoms with Crippen LogP contribution in [-0.4, -0.2) is 41.5 Å². The van der Waals surface area contributed by atoms with Crippen LogP contribution in [0.5, 0.6) is 0 Å². The highest BCUT2D eigenvalue weighted by Gasteiger charge is 2.25. The molecule has 3 N–H and O–H groups in total. The molecule has 1 aromatic carbocycles. The standard InChI is InChI=1S/C16H20N4O2S/c17-16(22)18-8-5-14(21)20-9-6-11(7-10-20)15-19-12-3-1-2-4-13(12)23-15/h1-4,11H,5-10H2,(H3,17,18,22). The molecule has 2 aromatic rings. The number of aromatic nitrogens is 1. The molecule has 0 radical (unpaired) electrons. The number of fused-ring (bicyclic) bond motifs is 1. The average molecular weight is 332 g/mol. The fraction of sp³-hybridized carbons (Fsp3) is 0.438. The van der Waals surface area contributed by atoms with E-state index in [-0.39, 0.29) is 5.91 Å². The number of hydrogen-bond acceptors (Lipinski definition) is 4. The molecule has 1 fully saturated rings. The number of nitrogens with two attached hydrogens (primary N) is 1. The lowest BCUT2D eigenvalue weighted by Gasteiger charge is -2.31. The van der Waals surface area contributed by atoms with Crippen LogP contribution in [0, 0.1) is 0 Å². The molecule has 1 aliphatic heterocycles. The van der Waals surface area contributed by atoms with Crippen molar-refractivity contribution in [1.29, 1.82) is 0 Å². The molecule has 0 bridgehead atoms. The van der Waals surface area contributed by atoms with Crippen molar-refractivity contribution in [2.24, 2.45) is 5.73 Å². The van der Waals surface area contributed by atoms with Gasteiger partial charge < -0.3 is 16.0 Å². The zero-order valence-electron chi connectivity index (χ0n) is 12.8. The fourth-order valence-electron chi connectivity index (χ4n) is 2.89. The van der Waals surface area contributed by atoms with Crippen LogP contribution in [-0.2, 0) is 4.79 Å². The molecule has 1 aromatic heterocycles. The highest BCUT2D eigenvalue weighted by atomic mass is 32.1. The molecule has 6 nitrogen and oxygen atoms in total. The zero-order chi connectivity index (χ0) is 16.2. The van der Waals surface area contributed by atoms with E-state index in [1.54, 1.807) is 11.3 Å². The summed E-state index contributed by atoms with van der Waals surface area (Å²) in [6, 6.07) is 7.59. The normalized spacial score (nSPS) is 15.7. The molecular weight excluding hydrogens is 312 g/mol. The summed E-state index contributed by atoms with van der Waals surface area (Å²) in [5.41, 5.74) is 6.05. The number of carbonyl (C=O) groups is 2. The Balaban J connectivity index is 1.53. The van der Waals surface area contributed by atoms with Crippen LogP contribution in [0.4, 0.5) is 4.79 Å². The lowest BCUT2D eigenvalue weighted by atomic mass is 9.97. The number of nitrogens with one attached hydrogen (secondary N) is 1. The van der Waals surface area contributed by atoms with Crippen LogP contribution in [0.15, 0.2) is 24.3 Å². The van der Waals surface area contributed by atoms with Crippen LogP contribution in [0.3, 0.4) is 0 Å². The van der Waals surface area contributed by atoms with Gasteiger partial charge in [0.05, 0.1) is 15.2 Å². The van der Waals surface area contributed by atoms with Crippen molar-refractivity contribution in [2.75, 3.05) is 19.6 Å². The molecule has 3 rings (SSSR count). The number of primary amides is 1. The van der Waals surface area contributed by atoms with E-state index in [2.05, 4.69) is 11.4 Å². The predicted octanol–water partition coefficient (Wildman–Crippen LogP) is 2.06. The lowest BCUT2D eigenvalue weighted by Crippen LogP contribution is -2.40. The maximum Gasteiger partial charge on any atom is 0.312 e. The van der Waals surface area contributed by atoms with Crippen molar-refractivity contribution < 1.29 is 9.59 Å². The smallest absolute Gasteiger partial charge is 0.312 e. The topological polar surface area (TPSA) is 88.3 Å². The van der Waals surface area contributed by atoms with Gasteiger partial charge in [0.25, 0.3) is 0 Å². The molecule has 23 heavy (non-hydrogen) atoms. The summed E-state index contributed by atoms with van der Waals surface area (Å²) in [6.07, 6.45) is 2.18. The first-order valence-electron chi connectivity index (χ1n) is 7.80. The minimum atomic E-state index is -0.590. The molecule has 0 atom stereocenters. The minimum absolute atomic E-state index is 0.0708. The van der Waals surface area contributed by atoms with Gasteiger partial charge >= 0.3 is 6.03 Å². The summed E-state index contributed by atoms with van der Waals surface area (Å²) >= 11 is 1.75. The van der Waals surface area contributed by atoms with Crippen molar-refractivity contribution in [3.05, 3.63) is 29.3 Å². The Morgan fingerprint density at radius 1 is 1.30 bits per heavy atom. The lowest BCUT2D eigenvalue weighted by molar-refractivity contribution is -0.132. The third-order valence-corrected chi connectivity index (χ3v) is 5.34. The maximum absolute atomic E-state index is 12.1. The van der Waals surface area contributed by atoms with E-state index >= 15 is 0 Å². The van der Waals surface area contributed by atoms with Crippen LogP contribution < -0.4 is 11.1 Å². The van der Waals surface area contributed by atoms with Crippen LogP contribution in [0.2, 0.25) is 0 Å². The van der Waals surface area contributed by atoms with Gasteiger partial charge in [-0.2, -0.15) is 0 Å². The number of likely N-dealkylation sites (tertiary alicyclic amines) is 1. The number of hydrogen-bond donors (Lipinski definition) is 2. The number of amides is 3. The Morgan fingerprint density at radius 3 is 2.74 bits per heavy atom. The average Bonchev–Trinajstić information content (AvgIpc) is 2.98. The summed E-state index contributed by atoms with van der Waals surface area (Å²) in [6.45, 7) is 1.79. The van der Waals surface area contributed by atoms with Gasteiger partial charge in [-0.1, -0.05) is 12.1 Å². The van der Waals surface area contributed by atoms with Gasteiger partial charge in [0, 0.05) is 32.0 Å². The maximum atomic E-state index is 12.1. The molecule has 0 aliphatic carbocycles. The summed E-state index contributed by atoms with van der Waals surface area (Å²) < 4.78 is 1.22. The molecule has 0 unspecified atom stereocenters. The monoisotopic (exact) mass is 332 g/mol. The first-order valence-corrected chi connectivity index (χ1v) is 8.61. The first-order chi connectivity index (χ1) is 11.1. The van der Waals surface area contributed by atoms with Crippen LogP contribution in [0.25, 0.3) is 10.2 Å². The first kappa shape index (κ1) is 15.7. The Kier molecular flexibility index (Phi) is 4.76. The van der Waals surface area contributed by atoms with Crippen molar-refractivity contribution in [2.45, 2.75) is 25.2 Å². The summed E-state index contributed by atoms with van der Waals surface area (Å²) in [5, 5.41) is 3.62. The van der Waals surface area contributed by atoms with Crippen LogP contribution in [0.1, 0.15) is 30.2 Å². The van der Waals surface area contributed by atoms with E-state index in [4.69, 9.17) is 10.7 Å². The summed E-state index contributed by atoms with van der Waals surface area (Å²) in [5.74, 6) is 0.502. The van der Waals surface area contributed by atoms with Gasteiger partial charge in [0.2, 0.25) is 5.91 Å². The number of para-hydroxylation sites is 1. The number of piperidine rings is 1.